The predicted octanol–water partition coefficient (Wildman–Crippen LogP) is -1.16. The van der Waals surface area contributed by atoms with Crippen LogP contribution >= 0.6 is 35.0 Å². The van der Waals surface area contributed by atoms with E-state index in [1.165, 1.54) is 0 Å². The van der Waals surface area contributed by atoms with E-state index in [1.54, 1.807) is 4.84 Å². The number of rotatable bonds is 4. The highest BCUT2D eigenvalue weighted by Gasteiger charge is 2.57. The Morgan fingerprint density at radius 1 is 1.33 bits per heavy atom. The van der Waals surface area contributed by atoms with E-state index >= 15 is 0 Å². The fourth-order valence-corrected chi connectivity index (χ4v) is 2.59. The summed E-state index contributed by atoms with van der Waals surface area (Å²) < 4.78 is 7.67. The number of amides is 1. The molecule has 0 spiro atoms. The first-order valence-electron chi connectivity index (χ1n) is 5.75. The molecule has 11 heteroatoms. The summed E-state index contributed by atoms with van der Waals surface area (Å²) in [7, 11) is 0. The van der Waals surface area contributed by atoms with Crippen LogP contribution in [0.3, 0.4) is 0 Å². The molecule has 0 aromatic heterocycles. The molecule has 1 amide bonds. The maximum Gasteiger partial charge on any atom is 0.303 e. The average molecular weight is 367 g/mol. The minimum atomic E-state index is -2.34. The van der Waals surface area contributed by atoms with E-state index in [0.29, 0.717) is 0 Å². The Morgan fingerprint density at radius 2 is 1.90 bits per heavy atom. The fourth-order valence-electron chi connectivity index (χ4n) is 1.90. The van der Waals surface area contributed by atoms with Gasteiger partial charge < -0.3 is 24.8 Å². The average Bonchev–Trinajstić information content (AvgIpc) is 2.42. The quantitative estimate of drug-likeness (QED) is 0.281. The van der Waals surface area contributed by atoms with Crippen LogP contribution in [0.1, 0.15) is 6.92 Å². The van der Waals surface area contributed by atoms with Gasteiger partial charge in [0.2, 0.25) is 4.33 Å². The number of carbonyl (C=O) groups is 2. The zero-order valence-corrected chi connectivity index (χ0v) is 13.0. The van der Waals surface area contributed by atoms with Crippen LogP contribution in [0.4, 0.5) is 0 Å². The molecule has 4 N–H and O–H groups in total. The smallest absolute Gasteiger partial charge is 0.303 e. The van der Waals surface area contributed by atoms with Crippen molar-refractivity contribution < 1.29 is 34.4 Å². The van der Waals surface area contributed by atoms with Gasteiger partial charge in [-0.3, -0.25) is 14.4 Å². The first-order chi connectivity index (χ1) is 9.66. The summed E-state index contributed by atoms with van der Waals surface area (Å²) in [6.45, 7) is 0.355. The van der Waals surface area contributed by atoms with Gasteiger partial charge in [-0.2, -0.15) is 0 Å². The Hall–Kier alpha value is -0.350. The van der Waals surface area contributed by atoms with Crippen molar-refractivity contribution in [2.45, 2.75) is 41.8 Å². The molecular weight excluding hydrogens is 352 g/mol. The topological polar surface area (TPSA) is 125 Å². The van der Waals surface area contributed by atoms with E-state index < -0.39 is 53.3 Å². The molecule has 0 saturated carbocycles. The van der Waals surface area contributed by atoms with Gasteiger partial charge in [0.25, 0.3) is 5.91 Å². The van der Waals surface area contributed by atoms with Crippen LogP contribution in [0.2, 0.25) is 0 Å². The van der Waals surface area contributed by atoms with Crippen LogP contribution < -0.4 is 4.84 Å². The Morgan fingerprint density at radius 3 is 2.33 bits per heavy atom. The molecule has 5 atom stereocenters. The van der Waals surface area contributed by atoms with Crippen LogP contribution in [-0.2, 0) is 19.1 Å². The third-order valence-corrected chi connectivity index (χ3v) is 3.86. The van der Waals surface area contributed by atoms with E-state index in [-0.39, 0.29) is 0 Å². The van der Waals surface area contributed by atoms with Crippen LogP contribution in [0.25, 0.3) is 0 Å². The van der Waals surface area contributed by atoms with Crippen molar-refractivity contribution in [1.82, 2.24) is 4.84 Å². The van der Waals surface area contributed by atoms with Crippen molar-refractivity contribution >= 4 is 46.9 Å². The summed E-state index contributed by atoms with van der Waals surface area (Å²) in [5, 5.41) is 28.8. The first-order valence-corrected chi connectivity index (χ1v) is 6.88. The van der Waals surface area contributed by atoms with Crippen LogP contribution in [0, 0.1) is 0 Å². The summed E-state index contributed by atoms with van der Waals surface area (Å²) in [6.07, 6.45) is -7.64. The number of nitrogens with one attached hydrogen (secondary N) is 1. The van der Waals surface area contributed by atoms with Crippen LogP contribution in [0.5, 0.6) is 0 Å². The van der Waals surface area contributed by atoms with Crippen molar-refractivity contribution in [3.63, 3.8) is 0 Å². The molecule has 1 aliphatic heterocycles. The van der Waals surface area contributed by atoms with Crippen molar-refractivity contribution in [2.75, 3.05) is 6.61 Å². The maximum absolute atomic E-state index is 11.6. The number of ether oxygens (including phenoxy) is 2. The van der Waals surface area contributed by atoms with Gasteiger partial charge in [0.15, 0.2) is 6.10 Å². The van der Waals surface area contributed by atoms with Gasteiger partial charge in [0.1, 0.15) is 24.4 Å². The van der Waals surface area contributed by atoms with Gasteiger partial charge in [-0.05, 0) is 0 Å². The highest BCUT2D eigenvalue weighted by molar-refractivity contribution is 6.59. The van der Waals surface area contributed by atoms with Gasteiger partial charge in [-0.25, -0.2) is 0 Å². The zero-order chi connectivity index (χ0) is 16.4. The second-order valence-corrected chi connectivity index (χ2v) is 5.95. The molecule has 0 bridgehead atoms. The Balaban J connectivity index is 3.15. The van der Waals surface area contributed by atoms with Crippen molar-refractivity contribution in [2.24, 2.45) is 0 Å². The summed E-state index contributed by atoms with van der Waals surface area (Å²) in [4.78, 5) is 24.4. The van der Waals surface area contributed by atoms with Gasteiger partial charge in [-0.1, -0.05) is 23.2 Å². The van der Waals surface area contributed by atoms with Gasteiger partial charge in [0.05, 0.1) is 6.61 Å². The third-order valence-electron chi connectivity index (χ3n) is 2.92. The molecule has 1 heterocycles. The number of aliphatic hydroxyl groups is 3. The zero-order valence-electron chi connectivity index (χ0n) is 10.7. The van der Waals surface area contributed by atoms with E-state index in [1.807, 2.05) is 0 Å². The molecule has 1 saturated heterocycles. The lowest BCUT2D eigenvalue weighted by Crippen LogP contribution is -2.65. The molecule has 0 radical (unpaired) electrons. The molecule has 0 aromatic carbocycles. The van der Waals surface area contributed by atoms with Crippen LogP contribution in [0.15, 0.2) is 0 Å². The van der Waals surface area contributed by atoms with Crippen molar-refractivity contribution in [3.8, 4) is 0 Å². The molecule has 1 aliphatic rings. The van der Waals surface area contributed by atoms with Crippen molar-refractivity contribution in [1.29, 1.82) is 0 Å². The van der Waals surface area contributed by atoms with Gasteiger partial charge in [-0.15, -0.1) is 0 Å². The molecule has 0 aromatic rings. The lowest BCUT2D eigenvalue weighted by Gasteiger charge is -2.44. The SMILES string of the molecule is CC(=O)O[C@H]1[C@@H](O)[C@H](O)[C@@H](CO)O[C@@H]1C(Cl)(Cl)C(=O)NCl. The number of carbonyl (C=O) groups excluding carboxylic acids is 2. The monoisotopic (exact) mass is 365 g/mol. The molecule has 8 nitrogen and oxygen atoms in total. The number of hydrogen-bond donors (Lipinski definition) is 4. The van der Waals surface area contributed by atoms with E-state index in [9.17, 15) is 19.8 Å². The first kappa shape index (κ1) is 18.7. The minimum absolute atomic E-state index is 0.687. The largest absolute Gasteiger partial charge is 0.457 e. The number of halogens is 3. The summed E-state index contributed by atoms with van der Waals surface area (Å²) in [5.74, 6) is -1.91. The lowest BCUT2D eigenvalue weighted by molar-refractivity contribution is -0.240. The third kappa shape index (κ3) is 3.89. The summed E-state index contributed by atoms with van der Waals surface area (Å²) in [6, 6.07) is 0. The standard InChI is InChI=1S/C10H14Cl3NO7/c1-3(16)20-7-6(18)5(17)4(2-15)21-8(7)10(11,12)9(19)14-13/h4-8,15,17-18H,2H2,1H3,(H,14,19)/t4-,5-,6+,7+,8+/m1/s1. The highest BCUT2D eigenvalue weighted by atomic mass is 35.5. The minimum Gasteiger partial charge on any atom is -0.457 e. The second-order valence-electron chi connectivity index (χ2n) is 4.38. The Bertz CT molecular complexity index is 408. The molecule has 122 valence electrons. The number of alkyl halides is 2. The highest BCUT2D eigenvalue weighted by Crippen LogP contribution is 2.37. The molecule has 21 heavy (non-hydrogen) atoms. The molecule has 1 fully saturated rings. The normalized spacial score (nSPS) is 33.4. The fraction of sp³-hybridized carbons (Fsp3) is 0.800. The number of aliphatic hydroxyl groups excluding tert-OH is 3. The molecular formula is C10H14Cl3NO7. The summed E-state index contributed by atoms with van der Waals surface area (Å²) in [5.41, 5.74) is 0. The van der Waals surface area contributed by atoms with Gasteiger partial charge >= 0.3 is 5.97 Å². The summed E-state index contributed by atoms with van der Waals surface area (Å²) >= 11 is 16.9. The molecule has 0 aliphatic carbocycles. The maximum atomic E-state index is 11.6. The van der Waals surface area contributed by atoms with Crippen molar-refractivity contribution in [3.05, 3.63) is 0 Å². The second kappa shape index (κ2) is 7.28. The van der Waals surface area contributed by atoms with E-state index in [0.717, 1.165) is 6.92 Å². The predicted molar refractivity (Wildman–Crippen MR) is 71.7 cm³/mol. The number of esters is 1. The van der Waals surface area contributed by atoms with Crippen LogP contribution in [-0.4, -0.2) is 68.7 Å². The Kier molecular flexibility index (Phi) is 6.48. The molecule has 0 unspecified atom stereocenters. The molecule has 1 rings (SSSR count). The lowest BCUT2D eigenvalue weighted by atomic mass is 9.92. The van der Waals surface area contributed by atoms with E-state index in [4.69, 9.17) is 49.6 Å². The van der Waals surface area contributed by atoms with Gasteiger partial charge in [0, 0.05) is 18.7 Å². The van der Waals surface area contributed by atoms with E-state index in [2.05, 4.69) is 0 Å². The number of hydrogen-bond acceptors (Lipinski definition) is 7. The Labute approximate surface area is 135 Å².